The van der Waals surface area contributed by atoms with Crippen molar-refractivity contribution in [2.45, 2.75) is 263 Å². The quantitative estimate of drug-likeness (QED) is 0.274. The van der Waals surface area contributed by atoms with Gasteiger partial charge in [0.25, 0.3) is 0 Å². The molecule has 0 bridgehead atoms. The van der Waals surface area contributed by atoms with Gasteiger partial charge in [-0.05, 0) is 0 Å². The molecule has 0 radical (unpaired) electrons. The van der Waals surface area contributed by atoms with Crippen molar-refractivity contribution in [1.29, 1.82) is 0 Å². The van der Waals surface area contributed by atoms with E-state index in [1.807, 2.05) is 0 Å². The van der Waals surface area contributed by atoms with Crippen LogP contribution in [0.4, 0.5) is 0 Å². The van der Waals surface area contributed by atoms with E-state index < -0.39 is 17.1 Å². The Morgan fingerprint density at radius 1 is 0.174 bits per heavy atom. The molecule has 280 valence electrons. The maximum atomic E-state index is 3.17. The van der Waals surface area contributed by atoms with E-state index in [-0.39, 0.29) is 55.4 Å². The van der Waals surface area contributed by atoms with Gasteiger partial charge in [-0.3, -0.25) is 0 Å². The van der Waals surface area contributed by atoms with Gasteiger partial charge in [-0.15, -0.1) is 0 Å². The first-order chi connectivity index (χ1) is 19.2. The van der Waals surface area contributed by atoms with Crippen LogP contribution in [0.15, 0.2) is 0 Å². The summed E-state index contributed by atoms with van der Waals surface area (Å²) < 4.78 is 15.9. The van der Waals surface area contributed by atoms with Crippen LogP contribution in [-0.2, 0) is 17.1 Å². The third-order valence-corrected chi connectivity index (χ3v) is 42.6. The molecular formula is C40H90N5Ta. The van der Waals surface area contributed by atoms with Crippen LogP contribution in [-0.4, -0.2) is 71.9 Å². The zero-order chi connectivity index (χ0) is 38.3. The first-order valence-electron chi connectivity index (χ1n) is 18.2. The average Bonchev–Trinajstić information content (AvgIpc) is 2.45. The van der Waals surface area contributed by atoms with Crippen LogP contribution in [0.1, 0.15) is 208 Å². The minimum atomic E-state index is -6.01. The third kappa shape index (κ3) is 8.35. The first-order valence-corrected chi connectivity index (χ1v) is 25.4. The van der Waals surface area contributed by atoms with E-state index in [9.17, 15) is 0 Å². The SMILES string of the molecule is CC(C)(C)[N](C(C)(C)C)[Ta]([N](C(C)(C)C)C(C)(C)C)([N](C(C)(C)C)C(C)(C)C)([N](C(C)(C)C)C(C)(C)C)[N](C(C)(C)C)C(C)(C)C. The molecule has 0 saturated carbocycles. The Balaban J connectivity index is 11.2. The van der Waals surface area contributed by atoms with Crippen molar-refractivity contribution in [3.63, 3.8) is 0 Å². The Bertz CT molecular complexity index is 747. The molecule has 0 spiro atoms. The predicted molar refractivity (Wildman–Crippen MR) is 207 cm³/mol. The summed E-state index contributed by atoms with van der Waals surface area (Å²) in [5.41, 5.74) is -2.24. The van der Waals surface area contributed by atoms with Crippen molar-refractivity contribution in [3.8, 4) is 0 Å². The second-order valence-corrected chi connectivity index (χ2v) is 37.8. The molecule has 0 heterocycles. The average molecular weight is 822 g/mol. The Labute approximate surface area is 295 Å². The summed E-state index contributed by atoms with van der Waals surface area (Å²) in [6, 6.07) is 0. The molecule has 5 nitrogen and oxygen atoms in total. The van der Waals surface area contributed by atoms with Gasteiger partial charge in [0.05, 0.1) is 0 Å². The fraction of sp³-hybridized carbons (Fsp3) is 1.00. The van der Waals surface area contributed by atoms with Crippen molar-refractivity contribution in [3.05, 3.63) is 0 Å². The molecule has 0 amide bonds. The van der Waals surface area contributed by atoms with Crippen LogP contribution in [0.3, 0.4) is 0 Å². The van der Waals surface area contributed by atoms with Gasteiger partial charge in [-0.25, -0.2) is 0 Å². The molecule has 0 N–H and O–H groups in total. The van der Waals surface area contributed by atoms with E-state index in [0.29, 0.717) is 0 Å². The van der Waals surface area contributed by atoms with Gasteiger partial charge < -0.3 is 0 Å². The molecular weight excluding hydrogens is 731 g/mol. The third-order valence-electron chi connectivity index (χ3n) is 8.14. The topological polar surface area (TPSA) is 16.2 Å². The van der Waals surface area contributed by atoms with Gasteiger partial charge in [0.1, 0.15) is 0 Å². The van der Waals surface area contributed by atoms with Crippen molar-refractivity contribution in [2.24, 2.45) is 0 Å². The molecule has 6 heteroatoms. The maximum absolute atomic E-state index is 6.01. The molecule has 0 aromatic carbocycles. The Hall–Kier alpha value is 0.540. The van der Waals surface area contributed by atoms with E-state index in [0.717, 1.165) is 0 Å². The molecule has 0 fully saturated rings. The molecule has 0 rings (SSSR count). The van der Waals surface area contributed by atoms with Gasteiger partial charge in [0, 0.05) is 0 Å². The van der Waals surface area contributed by atoms with Crippen LogP contribution in [0, 0.1) is 0 Å². The van der Waals surface area contributed by atoms with E-state index in [2.05, 4.69) is 224 Å². The summed E-state index contributed by atoms with van der Waals surface area (Å²) in [7, 11) is 0. The molecule has 0 saturated heterocycles. The molecule has 0 aromatic heterocycles. The summed E-state index contributed by atoms with van der Waals surface area (Å²) in [6.07, 6.45) is 0. The van der Waals surface area contributed by atoms with Gasteiger partial charge >= 0.3 is 297 Å². The van der Waals surface area contributed by atoms with Crippen LogP contribution in [0.5, 0.6) is 0 Å². The molecule has 0 aliphatic rings. The zero-order valence-corrected chi connectivity index (χ0v) is 40.9. The van der Waals surface area contributed by atoms with Crippen LogP contribution in [0.2, 0.25) is 0 Å². The summed E-state index contributed by atoms with van der Waals surface area (Å²) in [5, 5.41) is 0. The Morgan fingerprint density at radius 3 is 0.283 bits per heavy atom. The van der Waals surface area contributed by atoms with Crippen LogP contribution < -0.4 is 0 Å². The summed E-state index contributed by atoms with van der Waals surface area (Å²) >= 11 is -6.01. The molecule has 0 atom stereocenters. The van der Waals surface area contributed by atoms with Crippen molar-refractivity contribution in [1.82, 2.24) is 16.5 Å². The molecule has 0 aliphatic heterocycles. The van der Waals surface area contributed by atoms with Crippen LogP contribution >= 0.6 is 0 Å². The summed E-state index contributed by atoms with van der Waals surface area (Å²) in [6.45, 7) is 75.2. The second kappa shape index (κ2) is 12.3. The zero-order valence-electron chi connectivity index (χ0n) is 37.7. The van der Waals surface area contributed by atoms with Gasteiger partial charge in [0.2, 0.25) is 0 Å². The minimum absolute atomic E-state index is 0.224. The number of hydrogen-bond acceptors (Lipinski definition) is 5. The number of rotatable bonds is 5. The van der Waals surface area contributed by atoms with Gasteiger partial charge in [-0.1, -0.05) is 0 Å². The fourth-order valence-electron chi connectivity index (χ4n) is 11.3. The monoisotopic (exact) mass is 822 g/mol. The number of nitrogens with zero attached hydrogens (tertiary/aromatic N) is 5. The van der Waals surface area contributed by atoms with E-state index in [1.165, 1.54) is 0 Å². The number of hydrogen-bond donors (Lipinski definition) is 0. The van der Waals surface area contributed by atoms with Crippen molar-refractivity contribution < 1.29 is 17.1 Å². The Morgan fingerprint density at radius 2 is 0.239 bits per heavy atom. The van der Waals surface area contributed by atoms with Gasteiger partial charge in [0.15, 0.2) is 0 Å². The first kappa shape index (κ1) is 46.5. The molecule has 0 aromatic rings. The summed E-state index contributed by atoms with van der Waals surface area (Å²) in [4.78, 5) is 0. The van der Waals surface area contributed by atoms with Gasteiger partial charge in [-0.2, -0.15) is 0 Å². The van der Waals surface area contributed by atoms with E-state index >= 15 is 0 Å². The van der Waals surface area contributed by atoms with Crippen LogP contribution in [0.25, 0.3) is 0 Å². The van der Waals surface area contributed by atoms with Crippen molar-refractivity contribution >= 4 is 0 Å². The fourth-order valence-corrected chi connectivity index (χ4v) is 56.3. The second-order valence-electron chi connectivity index (χ2n) is 24.2. The Kier molecular flexibility index (Phi) is 12.5. The molecule has 0 aliphatic carbocycles. The summed E-state index contributed by atoms with van der Waals surface area (Å²) in [5.74, 6) is 0. The normalized spacial score (nSPS) is 17.5. The predicted octanol–water partition coefficient (Wildman–Crippen LogP) is 11.7. The van der Waals surface area contributed by atoms with Crippen molar-refractivity contribution in [2.75, 3.05) is 0 Å². The molecule has 46 heavy (non-hydrogen) atoms. The molecule has 0 unspecified atom stereocenters. The standard InChI is InChI=1S/5C8H18N.Ta/c5*1-7(2,3)9-8(4,5)6;/h5*1-6H3;/q5*-1;+5. The van der Waals surface area contributed by atoms with E-state index in [1.54, 1.807) is 0 Å². The van der Waals surface area contributed by atoms with E-state index in [4.69, 9.17) is 0 Å².